The van der Waals surface area contributed by atoms with E-state index in [2.05, 4.69) is 15.5 Å². The summed E-state index contributed by atoms with van der Waals surface area (Å²) in [4.78, 5) is 23.2. The lowest BCUT2D eigenvalue weighted by atomic mass is 10.1. The highest BCUT2D eigenvalue weighted by molar-refractivity contribution is 7.98. The first kappa shape index (κ1) is 21.0. The lowest BCUT2D eigenvalue weighted by Gasteiger charge is -2.06. The van der Waals surface area contributed by atoms with Crippen LogP contribution in [-0.4, -0.2) is 16.1 Å². The maximum atomic E-state index is 12.0. The molecule has 8 nitrogen and oxygen atoms in total. The van der Waals surface area contributed by atoms with Gasteiger partial charge in [0.05, 0.1) is 5.02 Å². The van der Waals surface area contributed by atoms with E-state index in [4.69, 9.17) is 25.2 Å². The highest BCUT2D eigenvalue weighted by atomic mass is 35.5. The van der Waals surface area contributed by atoms with Crippen molar-refractivity contribution in [1.29, 1.82) is 0 Å². The third-order valence-corrected chi connectivity index (χ3v) is 5.32. The fraction of sp³-hybridized carbons (Fsp3) is 0.143. The summed E-state index contributed by atoms with van der Waals surface area (Å²) >= 11 is 7.34. The Hall–Kier alpha value is -3.30. The number of anilines is 1. The van der Waals surface area contributed by atoms with Gasteiger partial charge in [0.15, 0.2) is 6.61 Å². The molecule has 10 heteroatoms. The second-order valence-corrected chi connectivity index (χ2v) is 7.79. The number of hydrogen-bond acceptors (Lipinski definition) is 8. The van der Waals surface area contributed by atoms with Crippen LogP contribution in [0.15, 0.2) is 67.4 Å². The minimum atomic E-state index is -0.484. The Kier molecular flexibility index (Phi) is 6.24. The average molecular weight is 458 g/mol. The molecule has 0 aliphatic rings. The minimum absolute atomic E-state index is 0.0844. The summed E-state index contributed by atoms with van der Waals surface area (Å²) in [5, 5.41) is 12.2. The van der Waals surface area contributed by atoms with Gasteiger partial charge in [-0.2, -0.15) is 0 Å². The number of para-hydroxylation sites is 1. The number of halogens is 1. The first-order valence-corrected chi connectivity index (χ1v) is 10.5. The summed E-state index contributed by atoms with van der Waals surface area (Å²) in [7, 11) is 0. The van der Waals surface area contributed by atoms with Crippen molar-refractivity contribution in [3.63, 3.8) is 0 Å². The molecule has 0 fully saturated rings. The van der Waals surface area contributed by atoms with Crippen LogP contribution in [-0.2, 0) is 17.2 Å². The van der Waals surface area contributed by atoms with Gasteiger partial charge in [0, 0.05) is 35.9 Å². The fourth-order valence-electron chi connectivity index (χ4n) is 2.83. The van der Waals surface area contributed by atoms with Crippen LogP contribution in [0, 0.1) is 0 Å². The van der Waals surface area contributed by atoms with E-state index in [-0.39, 0.29) is 12.5 Å². The molecule has 1 N–H and O–H groups in total. The van der Waals surface area contributed by atoms with Crippen molar-refractivity contribution in [3.8, 4) is 5.75 Å². The number of carbonyl (C=O) groups is 1. The molecule has 158 valence electrons. The summed E-state index contributed by atoms with van der Waals surface area (Å²) in [6.07, 6.45) is 0. The summed E-state index contributed by atoms with van der Waals surface area (Å²) < 4.78 is 16.5. The van der Waals surface area contributed by atoms with Crippen LogP contribution in [0.5, 0.6) is 5.75 Å². The maximum Gasteiger partial charge on any atom is 0.336 e. The number of hydrogen-bond donors (Lipinski definition) is 1. The molecule has 0 saturated heterocycles. The van der Waals surface area contributed by atoms with E-state index >= 15 is 0 Å². The Morgan fingerprint density at radius 3 is 2.81 bits per heavy atom. The van der Waals surface area contributed by atoms with E-state index in [1.54, 1.807) is 30.3 Å². The zero-order chi connectivity index (χ0) is 21.8. The molecule has 0 saturated carbocycles. The van der Waals surface area contributed by atoms with Crippen LogP contribution < -0.4 is 15.7 Å². The Balaban J connectivity index is 1.45. The third-order valence-electron chi connectivity index (χ3n) is 4.14. The Morgan fingerprint density at radius 2 is 2.00 bits per heavy atom. The van der Waals surface area contributed by atoms with E-state index in [0.717, 1.165) is 10.9 Å². The van der Waals surface area contributed by atoms with E-state index in [9.17, 15) is 9.59 Å². The summed E-state index contributed by atoms with van der Waals surface area (Å²) in [6.45, 7) is 1.49. The average Bonchev–Trinajstić information content (AvgIpc) is 3.18. The van der Waals surface area contributed by atoms with Gasteiger partial charge < -0.3 is 18.9 Å². The van der Waals surface area contributed by atoms with Gasteiger partial charge in [0.2, 0.25) is 5.91 Å². The summed E-state index contributed by atoms with van der Waals surface area (Å²) in [6, 6.07) is 13.7. The number of nitrogens with zero attached hydrogens (tertiary/aromatic N) is 2. The van der Waals surface area contributed by atoms with Gasteiger partial charge in [-0.3, -0.25) is 4.79 Å². The van der Waals surface area contributed by atoms with Gasteiger partial charge in [0.25, 0.3) is 11.1 Å². The monoisotopic (exact) mass is 457 g/mol. The minimum Gasteiger partial charge on any atom is -0.482 e. The molecule has 0 bridgehead atoms. The molecule has 2 heterocycles. The molecule has 1 amide bonds. The standard InChI is InChI=1S/C21H16ClN3O5S/c1-12(26)23-14-6-7-15-13(8-20(27)29-18(15)9-14)11-31-21-25-24-19(30-21)10-28-17-5-3-2-4-16(17)22/h2-9H,10-11H2,1H3,(H,23,26). The van der Waals surface area contributed by atoms with Crippen LogP contribution in [0.1, 0.15) is 18.4 Å². The number of rotatable bonds is 7. The topological polar surface area (TPSA) is 107 Å². The molecule has 2 aromatic heterocycles. The van der Waals surface area contributed by atoms with Gasteiger partial charge in [-0.25, -0.2) is 4.79 Å². The lowest BCUT2D eigenvalue weighted by Crippen LogP contribution is -2.06. The van der Waals surface area contributed by atoms with Crippen LogP contribution in [0.4, 0.5) is 5.69 Å². The van der Waals surface area contributed by atoms with E-state index in [1.165, 1.54) is 24.8 Å². The normalized spacial score (nSPS) is 10.9. The molecule has 0 aliphatic carbocycles. The van der Waals surface area contributed by atoms with E-state index in [1.807, 2.05) is 12.1 Å². The van der Waals surface area contributed by atoms with Gasteiger partial charge >= 0.3 is 5.63 Å². The molecular formula is C21H16ClN3O5S. The van der Waals surface area contributed by atoms with Crippen molar-refractivity contribution in [2.75, 3.05) is 5.32 Å². The zero-order valence-corrected chi connectivity index (χ0v) is 17.8. The zero-order valence-electron chi connectivity index (χ0n) is 16.3. The molecule has 0 radical (unpaired) electrons. The van der Waals surface area contributed by atoms with Crippen LogP contribution in [0.3, 0.4) is 0 Å². The second-order valence-electron chi connectivity index (χ2n) is 6.45. The van der Waals surface area contributed by atoms with E-state index < -0.39 is 5.63 Å². The van der Waals surface area contributed by atoms with Crippen molar-refractivity contribution in [2.24, 2.45) is 0 Å². The van der Waals surface area contributed by atoms with Crippen LogP contribution in [0.2, 0.25) is 5.02 Å². The molecule has 0 spiro atoms. The van der Waals surface area contributed by atoms with E-state index in [0.29, 0.717) is 38.9 Å². The Morgan fingerprint density at radius 1 is 1.16 bits per heavy atom. The van der Waals surface area contributed by atoms with Crippen molar-refractivity contribution in [3.05, 3.63) is 75.4 Å². The quantitative estimate of drug-likeness (QED) is 0.315. The second kappa shape index (κ2) is 9.23. The predicted octanol–water partition coefficient (Wildman–Crippen LogP) is 4.66. The Bertz CT molecular complexity index is 1300. The van der Waals surface area contributed by atoms with Crippen molar-refractivity contribution in [2.45, 2.75) is 24.5 Å². The number of fused-ring (bicyclic) bond motifs is 1. The van der Waals surface area contributed by atoms with Crippen LogP contribution >= 0.6 is 23.4 Å². The van der Waals surface area contributed by atoms with Gasteiger partial charge in [-0.05, 0) is 29.8 Å². The number of thioether (sulfide) groups is 1. The number of amides is 1. The number of carbonyl (C=O) groups excluding carboxylic acids is 1. The maximum absolute atomic E-state index is 12.0. The van der Waals surface area contributed by atoms with Gasteiger partial charge in [-0.1, -0.05) is 35.5 Å². The predicted molar refractivity (Wildman–Crippen MR) is 116 cm³/mol. The first-order chi connectivity index (χ1) is 15.0. The highest BCUT2D eigenvalue weighted by Crippen LogP contribution is 2.28. The molecule has 4 rings (SSSR count). The third kappa shape index (κ3) is 5.25. The SMILES string of the molecule is CC(=O)Nc1ccc2c(CSc3nnc(COc4ccccc4Cl)o3)cc(=O)oc2c1. The molecule has 2 aromatic carbocycles. The number of benzene rings is 2. The lowest BCUT2D eigenvalue weighted by molar-refractivity contribution is -0.114. The molecule has 31 heavy (non-hydrogen) atoms. The molecular weight excluding hydrogens is 442 g/mol. The largest absolute Gasteiger partial charge is 0.482 e. The van der Waals surface area contributed by atoms with Crippen molar-refractivity contribution < 1.29 is 18.4 Å². The number of aromatic nitrogens is 2. The smallest absolute Gasteiger partial charge is 0.336 e. The summed E-state index contributed by atoms with van der Waals surface area (Å²) in [5.41, 5.74) is 1.20. The van der Waals surface area contributed by atoms with Crippen LogP contribution in [0.25, 0.3) is 11.0 Å². The number of nitrogens with one attached hydrogen (secondary N) is 1. The first-order valence-electron chi connectivity index (χ1n) is 9.15. The summed E-state index contributed by atoms with van der Waals surface area (Å²) in [5.74, 6) is 1.03. The van der Waals surface area contributed by atoms with Crippen molar-refractivity contribution in [1.82, 2.24) is 10.2 Å². The molecule has 0 aliphatic heterocycles. The molecule has 4 aromatic rings. The highest BCUT2D eigenvalue weighted by Gasteiger charge is 2.12. The van der Waals surface area contributed by atoms with Gasteiger partial charge in [-0.15, -0.1) is 10.2 Å². The van der Waals surface area contributed by atoms with Gasteiger partial charge in [0.1, 0.15) is 11.3 Å². The molecule has 0 atom stereocenters. The number of ether oxygens (including phenoxy) is 1. The Labute approximate surface area is 185 Å². The van der Waals surface area contributed by atoms with Crippen molar-refractivity contribution >= 4 is 45.9 Å². The molecule has 0 unspecified atom stereocenters. The fourth-order valence-corrected chi connectivity index (χ4v) is 3.79.